The van der Waals surface area contributed by atoms with Crippen molar-refractivity contribution in [1.29, 1.82) is 0 Å². The lowest BCUT2D eigenvalue weighted by Crippen LogP contribution is -1.89. The van der Waals surface area contributed by atoms with Gasteiger partial charge in [0.2, 0.25) is 0 Å². The SMILES string of the molecule is c1ccc2c(c1)cnc1nncn12. The highest BCUT2D eigenvalue weighted by molar-refractivity contribution is 5.79. The van der Waals surface area contributed by atoms with Gasteiger partial charge in [-0.15, -0.1) is 10.2 Å². The third kappa shape index (κ3) is 0.823. The second-order valence-corrected chi connectivity index (χ2v) is 2.82. The lowest BCUT2D eigenvalue weighted by molar-refractivity contribution is 1.10. The van der Waals surface area contributed by atoms with Gasteiger partial charge >= 0.3 is 0 Å². The van der Waals surface area contributed by atoms with Crippen LogP contribution in [0.15, 0.2) is 36.8 Å². The number of hydrogen-bond acceptors (Lipinski definition) is 3. The van der Waals surface area contributed by atoms with Gasteiger partial charge in [-0.25, -0.2) is 4.98 Å². The van der Waals surface area contributed by atoms with Crippen LogP contribution in [0.4, 0.5) is 0 Å². The van der Waals surface area contributed by atoms with Crippen molar-refractivity contribution >= 4 is 16.7 Å². The van der Waals surface area contributed by atoms with E-state index in [1.165, 1.54) is 0 Å². The molecule has 0 spiro atoms. The molecule has 4 nitrogen and oxygen atoms in total. The van der Waals surface area contributed by atoms with E-state index in [0.29, 0.717) is 5.78 Å². The highest BCUT2D eigenvalue weighted by Gasteiger charge is 1.99. The summed E-state index contributed by atoms with van der Waals surface area (Å²) < 4.78 is 1.87. The Balaban J connectivity index is 2.65. The van der Waals surface area contributed by atoms with E-state index in [1.54, 1.807) is 12.5 Å². The van der Waals surface area contributed by atoms with Gasteiger partial charge in [-0.3, -0.25) is 4.40 Å². The van der Waals surface area contributed by atoms with Crippen molar-refractivity contribution in [2.45, 2.75) is 0 Å². The molecule has 1 aromatic carbocycles. The van der Waals surface area contributed by atoms with E-state index in [0.717, 1.165) is 10.9 Å². The third-order valence-corrected chi connectivity index (χ3v) is 2.05. The van der Waals surface area contributed by atoms with Gasteiger partial charge < -0.3 is 0 Å². The Bertz CT molecular complexity index is 570. The summed E-state index contributed by atoms with van der Waals surface area (Å²) in [6.45, 7) is 0. The molecule has 62 valence electrons. The second kappa shape index (κ2) is 2.26. The Kier molecular flexibility index (Phi) is 1.14. The number of hydrogen-bond donors (Lipinski definition) is 0. The molecular formula is C9H6N4. The van der Waals surface area contributed by atoms with Crippen LogP contribution in [0.2, 0.25) is 0 Å². The summed E-state index contributed by atoms with van der Waals surface area (Å²) in [6.07, 6.45) is 3.48. The Morgan fingerprint density at radius 1 is 1.15 bits per heavy atom. The maximum absolute atomic E-state index is 4.16. The zero-order valence-electron chi connectivity index (χ0n) is 6.75. The van der Waals surface area contributed by atoms with E-state index in [4.69, 9.17) is 0 Å². The minimum absolute atomic E-state index is 0.638. The van der Waals surface area contributed by atoms with E-state index in [9.17, 15) is 0 Å². The monoisotopic (exact) mass is 170 g/mol. The normalized spacial score (nSPS) is 11.1. The van der Waals surface area contributed by atoms with Gasteiger partial charge in [-0.1, -0.05) is 18.2 Å². The molecule has 0 radical (unpaired) electrons. The molecule has 0 aliphatic heterocycles. The van der Waals surface area contributed by atoms with Crippen molar-refractivity contribution in [2.75, 3.05) is 0 Å². The fourth-order valence-corrected chi connectivity index (χ4v) is 1.43. The molecule has 0 unspecified atom stereocenters. The molecule has 0 atom stereocenters. The number of benzene rings is 1. The van der Waals surface area contributed by atoms with Crippen LogP contribution in [0.25, 0.3) is 16.7 Å². The van der Waals surface area contributed by atoms with Crippen LogP contribution in [0, 0.1) is 0 Å². The molecule has 13 heavy (non-hydrogen) atoms. The summed E-state index contributed by atoms with van der Waals surface area (Å²) in [4.78, 5) is 4.16. The highest BCUT2D eigenvalue weighted by Crippen LogP contribution is 2.12. The molecule has 0 bridgehead atoms. The number of aromatic nitrogens is 4. The Morgan fingerprint density at radius 2 is 2.08 bits per heavy atom. The zero-order valence-corrected chi connectivity index (χ0v) is 6.75. The largest absolute Gasteiger partial charge is 0.265 e. The number of nitrogens with zero attached hydrogens (tertiary/aromatic N) is 4. The lowest BCUT2D eigenvalue weighted by Gasteiger charge is -1.97. The molecule has 4 heteroatoms. The van der Waals surface area contributed by atoms with Crippen LogP contribution in [0.3, 0.4) is 0 Å². The summed E-state index contributed by atoms with van der Waals surface area (Å²) in [5.74, 6) is 0.638. The van der Waals surface area contributed by atoms with Gasteiger partial charge in [-0.2, -0.15) is 0 Å². The van der Waals surface area contributed by atoms with Crippen molar-refractivity contribution in [3.63, 3.8) is 0 Å². The third-order valence-electron chi connectivity index (χ3n) is 2.05. The summed E-state index contributed by atoms with van der Waals surface area (Å²) in [7, 11) is 0. The summed E-state index contributed by atoms with van der Waals surface area (Å²) in [5, 5.41) is 8.76. The van der Waals surface area contributed by atoms with Gasteiger partial charge in [0.15, 0.2) is 0 Å². The van der Waals surface area contributed by atoms with Crippen molar-refractivity contribution in [3.05, 3.63) is 36.8 Å². The fraction of sp³-hybridized carbons (Fsp3) is 0. The van der Waals surface area contributed by atoms with Crippen molar-refractivity contribution < 1.29 is 0 Å². The molecule has 2 aromatic heterocycles. The molecular weight excluding hydrogens is 164 g/mol. The van der Waals surface area contributed by atoms with Gasteiger partial charge in [0.25, 0.3) is 5.78 Å². The second-order valence-electron chi connectivity index (χ2n) is 2.82. The van der Waals surface area contributed by atoms with Crippen LogP contribution in [-0.2, 0) is 0 Å². The first kappa shape index (κ1) is 6.54. The molecule has 0 amide bonds. The van der Waals surface area contributed by atoms with Crippen molar-refractivity contribution in [3.8, 4) is 0 Å². The topological polar surface area (TPSA) is 43.1 Å². The standard InChI is InChI=1S/C9H6N4/c1-2-4-8-7(3-1)5-10-9-12-11-6-13(8)9/h1-6H. The molecule has 0 aliphatic rings. The quantitative estimate of drug-likeness (QED) is 0.510. The van der Waals surface area contributed by atoms with Crippen LogP contribution in [0.5, 0.6) is 0 Å². The number of rotatable bonds is 0. The minimum atomic E-state index is 0.638. The van der Waals surface area contributed by atoms with E-state index in [1.807, 2.05) is 28.7 Å². The predicted molar refractivity (Wildman–Crippen MR) is 48.3 cm³/mol. The predicted octanol–water partition coefficient (Wildman–Crippen LogP) is 1.28. The molecule has 0 N–H and O–H groups in total. The number of para-hydroxylation sites is 1. The van der Waals surface area contributed by atoms with Crippen molar-refractivity contribution in [2.24, 2.45) is 0 Å². The molecule has 0 saturated carbocycles. The van der Waals surface area contributed by atoms with E-state index >= 15 is 0 Å². The van der Waals surface area contributed by atoms with Gasteiger partial charge in [0, 0.05) is 11.6 Å². The maximum atomic E-state index is 4.16. The first-order valence-electron chi connectivity index (χ1n) is 3.99. The van der Waals surface area contributed by atoms with Gasteiger partial charge in [0.05, 0.1) is 5.52 Å². The van der Waals surface area contributed by atoms with E-state index in [-0.39, 0.29) is 0 Å². The molecule has 2 heterocycles. The molecule has 3 rings (SSSR count). The Hall–Kier alpha value is -1.97. The van der Waals surface area contributed by atoms with Gasteiger partial charge in [0.1, 0.15) is 6.33 Å². The first-order valence-corrected chi connectivity index (χ1v) is 3.99. The minimum Gasteiger partial charge on any atom is -0.265 e. The van der Waals surface area contributed by atoms with Crippen molar-refractivity contribution in [1.82, 2.24) is 19.6 Å². The van der Waals surface area contributed by atoms with Crippen LogP contribution < -0.4 is 0 Å². The molecule has 0 saturated heterocycles. The van der Waals surface area contributed by atoms with Crippen LogP contribution >= 0.6 is 0 Å². The molecule has 0 aliphatic carbocycles. The molecule has 0 fully saturated rings. The maximum Gasteiger partial charge on any atom is 0.255 e. The summed E-state index contributed by atoms with van der Waals surface area (Å²) in [6, 6.07) is 8.01. The smallest absolute Gasteiger partial charge is 0.255 e. The fourth-order valence-electron chi connectivity index (χ4n) is 1.43. The van der Waals surface area contributed by atoms with E-state index in [2.05, 4.69) is 15.2 Å². The average molecular weight is 170 g/mol. The summed E-state index contributed by atoms with van der Waals surface area (Å²) >= 11 is 0. The zero-order chi connectivity index (χ0) is 8.67. The van der Waals surface area contributed by atoms with Gasteiger partial charge in [-0.05, 0) is 6.07 Å². The van der Waals surface area contributed by atoms with E-state index < -0.39 is 0 Å². The lowest BCUT2D eigenvalue weighted by atomic mass is 10.2. The average Bonchev–Trinajstić information content (AvgIpc) is 2.65. The summed E-state index contributed by atoms with van der Waals surface area (Å²) in [5.41, 5.74) is 1.08. The Morgan fingerprint density at radius 3 is 3.08 bits per heavy atom. The Labute approximate surface area is 73.9 Å². The number of fused-ring (bicyclic) bond motifs is 3. The first-order chi connectivity index (χ1) is 6.45. The van der Waals surface area contributed by atoms with Crippen LogP contribution in [0.1, 0.15) is 0 Å². The molecule has 3 aromatic rings. The highest BCUT2D eigenvalue weighted by atomic mass is 15.3. The van der Waals surface area contributed by atoms with Crippen LogP contribution in [-0.4, -0.2) is 19.6 Å².